The van der Waals surface area contributed by atoms with Crippen LogP contribution in [0.3, 0.4) is 0 Å². The van der Waals surface area contributed by atoms with Crippen molar-refractivity contribution in [3.63, 3.8) is 0 Å². The van der Waals surface area contributed by atoms with E-state index in [4.69, 9.17) is 9.84 Å². The van der Waals surface area contributed by atoms with Crippen LogP contribution in [0.15, 0.2) is 0 Å². The van der Waals surface area contributed by atoms with Gasteiger partial charge < -0.3 is 9.84 Å². The molecular weight excluding hydrogens is 215 g/mol. The lowest BCUT2D eigenvalue weighted by Gasteiger charge is -2.17. The van der Waals surface area contributed by atoms with Gasteiger partial charge in [-0.15, -0.1) is 0 Å². The van der Waals surface area contributed by atoms with Crippen molar-refractivity contribution < 1.29 is 19.2 Å². The molecule has 0 aromatic heterocycles. The highest BCUT2D eigenvalue weighted by Gasteiger charge is 2.35. The third-order valence-electron chi connectivity index (χ3n) is 2.15. The standard InChI is InChI=1S/C10H19O4P/c1-4-14-10(12)8(5-7(2)3)9(6-11)15-13/h7-9,11H,4-6H2,1-3H3/p+1. The van der Waals surface area contributed by atoms with Gasteiger partial charge in [0, 0.05) is 0 Å². The first-order chi connectivity index (χ1) is 7.06. The lowest BCUT2D eigenvalue weighted by atomic mass is 9.94. The number of ether oxygens (including phenoxy) is 1. The molecule has 0 aromatic rings. The van der Waals surface area contributed by atoms with Crippen molar-refractivity contribution in [3.05, 3.63) is 0 Å². The molecule has 0 heterocycles. The predicted octanol–water partition coefficient (Wildman–Crippen LogP) is 1.60. The molecule has 0 aliphatic heterocycles. The lowest BCUT2D eigenvalue weighted by molar-refractivity contribution is -0.149. The van der Waals surface area contributed by atoms with Crippen LogP contribution in [-0.2, 0) is 14.1 Å². The third kappa shape index (κ3) is 5.24. The van der Waals surface area contributed by atoms with Crippen molar-refractivity contribution in [1.82, 2.24) is 0 Å². The van der Waals surface area contributed by atoms with E-state index in [0.29, 0.717) is 18.9 Å². The second-order valence-electron chi connectivity index (χ2n) is 3.90. The monoisotopic (exact) mass is 235 g/mol. The van der Waals surface area contributed by atoms with Crippen molar-refractivity contribution in [2.24, 2.45) is 11.8 Å². The van der Waals surface area contributed by atoms with Crippen LogP contribution in [0, 0.1) is 11.8 Å². The van der Waals surface area contributed by atoms with E-state index < -0.39 is 20.0 Å². The van der Waals surface area contributed by atoms with Crippen LogP contribution in [0.2, 0.25) is 0 Å². The Morgan fingerprint density at radius 1 is 1.47 bits per heavy atom. The van der Waals surface area contributed by atoms with Gasteiger partial charge in [-0.3, -0.25) is 4.79 Å². The first-order valence-corrected chi connectivity index (χ1v) is 6.20. The zero-order valence-electron chi connectivity index (χ0n) is 9.53. The Morgan fingerprint density at radius 3 is 2.40 bits per heavy atom. The minimum absolute atomic E-state index is 0.238. The van der Waals surface area contributed by atoms with Gasteiger partial charge >= 0.3 is 14.4 Å². The van der Waals surface area contributed by atoms with Crippen molar-refractivity contribution in [2.75, 3.05) is 13.2 Å². The molecule has 0 aliphatic carbocycles. The quantitative estimate of drug-likeness (QED) is 0.537. The minimum atomic E-state index is -0.675. The highest BCUT2D eigenvalue weighted by molar-refractivity contribution is 7.24. The molecule has 0 bridgehead atoms. The molecule has 0 radical (unpaired) electrons. The van der Waals surface area contributed by atoms with Gasteiger partial charge in [-0.05, 0) is 19.3 Å². The van der Waals surface area contributed by atoms with Crippen LogP contribution in [0.1, 0.15) is 27.2 Å². The minimum Gasteiger partial charge on any atom is -0.466 e. The molecule has 0 saturated carbocycles. The topological polar surface area (TPSA) is 63.6 Å². The zero-order valence-corrected chi connectivity index (χ0v) is 10.5. The number of carbonyl (C=O) groups is 1. The first kappa shape index (κ1) is 14.5. The summed E-state index contributed by atoms with van der Waals surface area (Å²) in [5.41, 5.74) is -0.494. The Balaban J connectivity index is 4.54. The largest absolute Gasteiger partial charge is 0.466 e. The average Bonchev–Trinajstić information content (AvgIpc) is 2.18. The summed E-state index contributed by atoms with van der Waals surface area (Å²) in [6.45, 7) is 5.77. The smallest absolute Gasteiger partial charge is 0.331 e. The molecule has 0 spiro atoms. The molecule has 88 valence electrons. The van der Waals surface area contributed by atoms with Gasteiger partial charge in [0.15, 0.2) is 5.66 Å². The van der Waals surface area contributed by atoms with Gasteiger partial charge in [-0.25, -0.2) is 0 Å². The Kier molecular flexibility index (Phi) is 7.53. The Hall–Kier alpha value is -0.470. The molecule has 0 amide bonds. The lowest BCUT2D eigenvalue weighted by Crippen LogP contribution is -2.30. The number of esters is 1. The van der Waals surface area contributed by atoms with Gasteiger partial charge in [-0.2, -0.15) is 0 Å². The SMILES string of the molecule is CCOC(=O)C(CC(C)C)C(CO)[PH+]=O. The summed E-state index contributed by atoms with van der Waals surface area (Å²) in [6.07, 6.45) is 0.597. The van der Waals surface area contributed by atoms with Gasteiger partial charge in [0.1, 0.15) is 5.92 Å². The zero-order chi connectivity index (χ0) is 11.8. The van der Waals surface area contributed by atoms with E-state index in [-0.39, 0.29) is 12.6 Å². The fraction of sp³-hybridized carbons (Fsp3) is 0.900. The summed E-state index contributed by atoms with van der Waals surface area (Å²) in [4.78, 5) is 11.6. The molecule has 3 unspecified atom stereocenters. The second kappa shape index (κ2) is 7.77. The average molecular weight is 235 g/mol. The maximum Gasteiger partial charge on any atom is 0.331 e. The van der Waals surface area contributed by atoms with Crippen molar-refractivity contribution in [2.45, 2.75) is 32.9 Å². The van der Waals surface area contributed by atoms with Crippen molar-refractivity contribution in [3.8, 4) is 0 Å². The van der Waals surface area contributed by atoms with Crippen molar-refractivity contribution >= 4 is 14.4 Å². The van der Waals surface area contributed by atoms with Gasteiger partial charge in [0.05, 0.1) is 13.2 Å². The number of rotatable bonds is 7. The van der Waals surface area contributed by atoms with Crippen LogP contribution in [0.25, 0.3) is 0 Å². The summed E-state index contributed by atoms with van der Waals surface area (Å²) in [5.74, 6) is -0.496. The van der Waals surface area contributed by atoms with E-state index in [1.165, 1.54) is 0 Å². The van der Waals surface area contributed by atoms with Crippen LogP contribution >= 0.6 is 8.46 Å². The Bertz CT molecular complexity index is 206. The van der Waals surface area contributed by atoms with Crippen molar-refractivity contribution in [1.29, 1.82) is 0 Å². The molecule has 5 heteroatoms. The van der Waals surface area contributed by atoms with Crippen LogP contribution in [-0.4, -0.2) is 29.9 Å². The number of hydrogen-bond donors (Lipinski definition) is 1. The van der Waals surface area contributed by atoms with Gasteiger partial charge in [0.25, 0.3) is 0 Å². The first-order valence-electron chi connectivity index (χ1n) is 5.21. The third-order valence-corrected chi connectivity index (χ3v) is 3.04. The maximum absolute atomic E-state index is 11.6. The Labute approximate surface area is 92.2 Å². The molecule has 0 aliphatic rings. The molecule has 0 aromatic carbocycles. The maximum atomic E-state index is 11.6. The van der Waals surface area contributed by atoms with E-state index in [2.05, 4.69) is 0 Å². The van der Waals surface area contributed by atoms with E-state index in [1.54, 1.807) is 6.92 Å². The fourth-order valence-electron chi connectivity index (χ4n) is 1.43. The van der Waals surface area contributed by atoms with Crippen LogP contribution in [0.4, 0.5) is 0 Å². The summed E-state index contributed by atoms with van der Waals surface area (Å²) < 4.78 is 15.8. The summed E-state index contributed by atoms with van der Waals surface area (Å²) in [5, 5.41) is 9.03. The molecule has 4 nitrogen and oxygen atoms in total. The summed E-state index contributed by atoms with van der Waals surface area (Å²) in [6, 6.07) is 0. The van der Waals surface area contributed by atoms with E-state index in [1.807, 2.05) is 13.8 Å². The molecule has 3 atom stereocenters. The van der Waals surface area contributed by atoms with E-state index >= 15 is 0 Å². The molecule has 15 heavy (non-hydrogen) atoms. The summed E-state index contributed by atoms with van der Waals surface area (Å²) >= 11 is 0. The number of aliphatic hydroxyl groups excluding tert-OH is 1. The van der Waals surface area contributed by atoms with Gasteiger partial charge in [-0.1, -0.05) is 18.4 Å². The summed E-state index contributed by atoms with van der Waals surface area (Å²) in [7, 11) is -0.675. The van der Waals surface area contributed by atoms with Crippen LogP contribution in [0.5, 0.6) is 0 Å². The van der Waals surface area contributed by atoms with Crippen LogP contribution < -0.4 is 0 Å². The second-order valence-corrected chi connectivity index (χ2v) is 4.87. The molecule has 0 fully saturated rings. The number of aliphatic hydroxyl groups is 1. The highest BCUT2D eigenvalue weighted by Crippen LogP contribution is 2.25. The molecule has 1 N–H and O–H groups in total. The highest BCUT2D eigenvalue weighted by atomic mass is 31.1. The number of hydrogen-bond acceptors (Lipinski definition) is 4. The van der Waals surface area contributed by atoms with Gasteiger partial charge in [0.2, 0.25) is 0 Å². The fourth-order valence-corrected chi connectivity index (χ4v) is 1.94. The normalized spacial score (nSPS) is 15.3. The molecule has 0 saturated heterocycles. The Morgan fingerprint density at radius 2 is 2.07 bits per heavy atom. The predicted molar refractivity (Wildman–Crippen MR) is 59.5 cm³/mol. The van der Waals surface area contributed by atoms with E-state index in [0.717, 1.165) is 0 Å². The molecular formula is C10H20O4P+. The molecule has 0 rings (SSSR count). The van der Waals surface area contributed by atoms with E-state index in [9.17, 15) is 9.36 Å². The number of carbonyl (C=O) groups excluding carboxylic acids is 1.